The average molecular weight is 478 g/mol. The van der Waals surface area contributed by atoms with Crippen molar-refractivity contribution in [2.45, 2.75) is 31.5 Å². The van der Waals surface area contributed by atoms with Gasteiger partial charge < -0.3 is 24.6 Å². The third kappa shape index (κ3) is 3.32. The van der Waals surface area contributed by atoms with Crippen LogP contribution in [-0.2, 0) is 22.6 Å². The Labute approximate surface area is 193 Å². The number of rotatable bonds is 3. The highest BCUT2D eigenvalue weighted by Gasteiger charge is 2.45. The molecule has 2 aromatic heterocycles. The lowest BCUT2D eigenvalue weighted by molar-refractivity contribution is -0.143. The van der Waals surface area contributed by atoms with Crippen molar-refractivity contribution in [3.05, 3.63) is 40.3 Å². The molecule has 11 heteroatoms. The quantitative estimate of drug-likeness (QED) is 0.534. The molecule has 1 fully saturated rings. The van der Waals surface area contributed by atoms with E-state index in [1.54, 1.807) is 23.4 Å². The second-order valence-corrected chi connectivity index (χ2v) is 8.85. The van der Waals surface area contributed by atoms with Crippen molar-refractivity contribution in [1.29, 1.82) is 0 Å². The SMILES string of the molecule is O=C(O)NC1(C(=O)N2CCn3c(c(-c4cn[nH]c4)c4ccc(Cl)c(Cl)c43)C2)CCOCC1. The van der Waals surface area contributed by atoms with Gasteiger partial charge in [-0.1, -0.05) is 29.3 Å². The fourth-order valence-corrected chi connectivity index (χ4v) is 5.24. The Balaban J connectivity index is 1.59. The minimum atomic E-state index is -1.22. The Morgan fingerprint density at radius 2 is 2.00 bits per heavy atom. The maximum absolute atomic E-state index is 13.6. The molecule has 32 heavy (non-hydrogen) atoms. The van der Waals surface area contributed by atoms with Crippen LogP contribution in [0.25, 0.3) is 22.0 Å². The van der Waals surface area contributed by atoms with E-state index >= 15 is 0 Å². The van der Waals surface area contributed by atoms with Crippen LogP contribution in [-0.4, -0.2) is 62.1 Å². The largest absolute Gasteiger partial charge is 0.465 e. The predicted octanol–water partition coefficient (Wildman–Crippen LogP) is 3.50. The van der Waals surface area contributed by atoms with Gasteiger partial charge in [0.15, 0.2) is 0 Å². The number of hydrogen-bond acceptors (Lipinski definition) is 4. The third-order valence-electron chi connectivity index (χ3n) is 6.33. The van der Waals surface area contributed by atoms with Crippen LogP contribution in [0.5, 0.6) is 0 Å². The lowest BCUT2D eigenvalue weighted by atomic mass is 9.88. The Morgan fingerprint density at radius 3 is 2.69 bits per heavy atom. The van der Waals surface area contributed by atoms with Crippen molar-refractivity contribution in [2.75, 3.05) is 19.8 Å². The number of hydrogen-bond donors (Lipinski definition) is 3. The van der Waals surface area contributed by atoms with Gasteiger partial charge in [0.2, 0.25) is 5.91 Å². The number of amides is 2. The maximum Gasteiger partial charge on any atom is 0.405 e. The molecule has 168 valence electrons. The summed E-state index contributed by atoms with van der Waals surface area (Å²) < 4.78 is 7.48. The van der Waals surface area contributed by atoms with E-state index in [-0.39, 0.29) is 5.91 Å². The van der Waals surface area contributed by atoms with Gasteiger partial charge in [-0.05, 0) is 6.07 Å². The van der Waals surface area contributed by atoms with Gasteiger partial charge in [0.25, 0.3) is 0 Å². The number of aromatic nitrogens is 3. The number of nitrogens with one attached hydrogen (secondary N) is 2. The van der Waals surface area contributed by atoms with Gasteiger partial charge in [0.1, 0.15) is 5.54 Å². The highest BCUT2D eigenvalue weighted by Crippen LogP contribution is 2.42. The number of aromatic amines is 1. The van der Waals surface area contributed by atoms with Crippen LogP contribution in [0.4, 0.5) is 4.79 Å². The predicted molar refractivity (Wildman–Crippen MR) is 119 cm³/mol. The number of carbonyl (C=O) groups is 2. The van der Waals surface area contributed by atoms with Crippen LogP contribution in [0, 0.1) is 0 Å². The van der Waals surface area contributed by atoms with Gasteiger partial charge in [-0.2, -0.15) is 5.10 Å². The summed E-state index contributed by atoms with van der Waals surface area (Å²) in [7, 11) is 0. The molecule has 0 aliphatic carbocycles. The fraction of sp³-hybridized carbons (Fsp3) is 0.381. The zero-order valence-electron chi connectivity index (χ0n) is 17.0. The maximum atomic E-state index is 13.6. The summed E-state index contributed by atoms with van der Waals surface area (Å²) in [6.45, 7) is 1.90. The van der Waals surface area contributed by atoms with Crippen molar-refractivity contribution in [3.63, 3.8) is 0 Å². The van der Waals surface area contributed by atoms with Crippen LogP contribution in [0.15, 0.2) is 24.5 Å². The van der Waals surface area contributed by atoms with E-state index in [1.807, 2.05) is 6.07 Å². The number of ether oxygens (including phenoxy) is 1. The van der Waals surface area contributed by atoms with Crippen LogP contribution in [0.3, 0.4) is 0 Å². The molecule has 3 N–H and O–H groups in total. The molecule has 3 aromatic rings. The first kappa shape index (κ1) is 21.1. The first-order chi connectivity index (χ1) is 15.4. The van der Waals surface area contributed by atoms with Gasteiger partial charge in [-0.3, -0.25) is 9.89 Å². The standard InChI is InChI=1S/C21H21Cl2N5O4/c22-14-2-1-13-16(12-9-24-25-10-12)15-11-27(5-6-28(15)18(13)17(14)23)19(29)21(26-20(30)31)3-7-32-8-4-21/h1-2,9-10,26H,3-8,11H2,(H,24,25)(H,30,31). The van der Waals surface area contributed by atoms with Gasteiger partial charge in [0, 0.05) is 67.5 Å². The van der Waals surface area contributed by atoms with Crippen molar-refractivity contribution < 1.29 is 19.4 Å². The first-order valence-corrected chi connectivity index (χ1v) is 11.0. The summed E-state index contributed by atoms with van der Waals surface area (Å²) in [4.78, 5) is 26.8. The topological polar surface area (TPSA) is 112 Å². The molecule has 0 unspecified atom stereocenters. The molecule has 1 aromatic carbocycles. The minimum absolute atomic E-state index is 0.234. The molecule has 2 aliphatic rings. The van der Waals surface area contributed by atoms with E-state index < -0.39 is 11.6 Å². The Kier molecular flexibility index (Phi) is 5.27. The summed E-state index contributed by atoms with van der Waals surface area (Å²) >= 11 is 12.9. The number of carbonyl (C=O) groups excluding carboxylic acids is 1. The zero-order valence-corrected chi connectivity index (χ0v) is 18.5. The highest BCUT2D eigenvalue weighted by molar-refractivity contribution is 6.45. The molecule has 0 spiro atoms. The summed E-state index contributed by atoms with van der Waals surface area (Å²) in [5.74, 6) is -0.234. The number of nitrogens with zero attached hydrogens (tertiary/aromatic N) is 3. The molecule has 1 saturated heterocycles. The van der Waals surface area contributed by atoms with Crippen molar-refractivity contribution >= 4 is 46.1 Å². The van der Waals surface area contributed by atoms with E-state index in [2.05, 4.69) is 20.1 Å². The average Bonchev–Trinajstić information content (AvgIpc) is 3.41. The molecule has 4 heterocycles. The van der Waals surface area contributed by atoms with Crippen molar-refractivity contribution in [3.8, 4) is 11.1 Å². The van der Waals surface area contributed by atoms with E-state index in [4.69, 9.17) is 27.9 Å². The number of fused-ring (bicyclic) bond motifs is 3. The van der Waals surface area contributed by atoms with Crippen LogP contribution in [0.1, 0.15) is 18.5 Å². The third-order valence-corrected chi connectivity index (χ3v) is 7.13. The Morgan fingerprint density at radius 1 is 1.22 bits per heavy atom. The first-order valence-electron chi connectivity index (χ1n) is 10.3. The van der Waals surface area contributed by atoms with Gasteiger partial charge in [-0.15, -0.1) is 0 Å². The monoisotopic (exact) mass is 477 g/mol. The number of halogens is 2. The Bertz CT molecular complexity index is 1200. The molecule has 0 atom stereocenters. The van der Waals surface area contributed by atoms with Crippen molar-refractivity contribution in [2.24, 2.45) is 0 Å². The normalized spacial score (nSPS) is 17.9. The lowest BCUT2D eigenvalue weighted by Crippen LogP contribution is -2.62. The number of H-pyrrole nitrogens is 1. The van der Waals surface area contributed by atoms with Crippen LogP contribution >= 0.6 is 23.2 Å². The summed E-state index contributed by atoms with van der Waals surface area (Å²) in [6.07, 6.45) is 2.91. The molecular formula is C21H21Cl2N5O4. The molecule has 0 saturated carbocycles. The minimum Gasteiger partial charge on any atom is -0.465 e. The molecule has 2 aliphatic heterocycles. The van der Waals surface area contributed by atoms with Crippen LogP contribution < -0.4 is 5.32 Å². The summed E-state index contributed by atoms with van der Waals surface area (Å²) in [5, 5.41) is 20.7. The van der Waals surface area contributed by atoms with E-state index in [0.717, 1.165) is 27.7 Å². The van der Waals surface area contributed by atoms with Crippen molar-refractivity contribution in [1.82, 2.24) is 25.0 Å². The van der Waals surface area contributed by atoms with E-state index in [1.165, 1.54) is 0 Å². The molecule has 5 rings (SSSR count). The molecule has 2 amide bonds. The summed E-state index contributed by atoms with van der Waals surface area (Å²) in [6, 6.07) is 3.69. The number of benzene rings is 1. The highest BCUT2D eigenvalue weighted by atomic mass is 35.5. The number of carboxylic acid groups (broad SMARTS) is 1. The zero-order chi connectivity index (χ0) is 22.5. The molecule has 9 nitrogen and oxygen atoms in total. The van der Waals surface area contributed by atoms with E-state index in [0.29, 0.717) is 55.7 Å². The second-order valence-electron chi connectivity index (χ2n) is 8.07. The Hall–Kier alpha value is -2.75. The van der Waals surface area contributed by atoms with Gasteiger partial charge in [-0.25, -0.2) is 4.79 Å². The molecular weight excluding hydrogens is 457 g/mol. The second kappa shape index (κ2) is 7.99. The van der Waals surface area contributed by atoms with Crippen LogP contribution in [0.2, 0.25) is 10.0 Å². The summed E-state index contributed by atoms with van der Waals surface area (Å²) in [5.41, 5.74) is 2.34. The lowest BCUT2D eigenvalue weighted by Gasteiger charge is -2.41. The van der Waals surface area contributed by atoms with E-state index in [9.17, 15) is 14.7 Å². The van der Waals surface area contributed by atoms with Gasteiger partial charge >= 0.3 is 6.09 Å². The molecule has 0 bridgehead atoms. The molecule has 0 radical (unpaired) electrons. The fourth-order valence-electron chi connectivity index (χ4n) is 4.83. The smallest absolute Gasteiger partial charge is 0.405 e. The van der Waals surface area contributed by atoms with Gasteiger partial charge in [0.05, 0.1) is 28.3 Å².